The van der Waals surface area contributed by atoms with Crippen molar-refractivity contribution in [2.45, 2.75) is 144 Å². The monoisotopic (exact) mass is 709 g/mol. The third-order valence-electron chi connectivity index (χ3n) is 7.95. The molecule has 10 nitrogen and oxygen atoms in total. The van der Waals surface area contributed by atoms with Gasteiger partial charge in [0.2, 0.25) is 3.79 Å². The Balaban J connectivity index is 1.65. The van der Waals surface area contributed by atoms with Crippen molar-refractivity contribution in [3.8, 4) is 0 Å². The molecule has 2 N–H and O–H groups in total. The van der Waals surface area contributed by atoms with Gasteiger partial charge in [-0.05, 0) is 25.8 Å². The highest BCUT2D eigenvalue weighted by atomic mass is 35.6. The lowest BCUT2D eigenvalue weighted by Crippen LogP contribution is -2.69. The van der Waals surface area contributed by atoms with Gasteiger partial charge in [0.25, 0.3) is 0 Å². The summed E-state index contributed by atoms with van der Waals surface area (Å²) in [6.45, 7) is 5.53. The molecule has 46 heavy (non-hydrogen) atoms. The third-order valence-corrected chi connectivity index (χ3v) is 8.28. The maximum Gasteiger partial charge on any atom is 0.407 e. The highest BCUT2D eigenvalue weighted by molar-refractivity contribution is 6.67. The summed E-state index contributed by atoms with van der Waals surface area (Å²) in [4.78, 5) is 26.1. The van der Waals surface area contributed by atoms with Gasteiger partial charge in [0, 0.05) is 0 Å². The predicted octanol–water partition coefficient (Wildman–Crippen LogP) is 7.13. The summed E-state index contributed by atoms with van der Waals surface area (Å²) in [5, 5.41) is 13.3. The molecular formula is C33H50Cl3NO9. The Hall–Kier alpha value is -1.37. The van der Waals surface area contributed by atoms with Crippen LogP contribution in [0.5, 0.6) is 0 Å². The number of alkyl carbamates (subject to hydrolysis) is 1. The Kier molecular flexibility index (Phi) is 16.6. The third kappa shape index (κ3) is 14.4. The fourth-order valence-corrected chi connectivity index (χ4v) is 5.72. The van der Waals surface area contributed by atoms with Crippen LogP contribution >= 0.6 is 34.8 Å². The number of hydrogen-bond acceptors (Lipinski definition) is 9. The number of benzene rings is 1. The first-order chi connectivity index (χ1) is 21.9. The van der Waals surface area contributed by atoms with Gasteiger partial charge in [-0.3, -0.25) is 4.79 Å². The predicted molar refractivity (Wildman–Crippen MR) is 176 cm³/mol. The molecule has 13 heteroatoms. The zero-order valence-corrected chi connectivity index (χ0v) is 29.4. The van der Waals surface area contributed by atoms with Crippen LogP contribution in [0.25, 0.3) is 0 Å². The molecular weight excluding hydrogens is 661 g/mol. The van der Waals surface area contributed by atoms with Crippen LogP contribution in [0, 0.1) is 0 Å². The molecule has 2 aliphatic heterocycles. The molecule has 2 saturated heterocycles. The number of aliphatic hydroxyl groups excluding tert-OH is 1. The van der Waals surface area contributed by atoms with Crippen LogP contribution in [0.3, 0.4) is 0 Å². The number of ether oxygens (including phenoxy) is 6. The minimum atomic E-state index is -1.84. The van der Waals surface area contributed by atoms with E-state index in [9.17, 15) is 14.7 Å². The van der Waals surface area contributed by atoms with Crippen LogP contribution < -0.4 is 5.32 Å². The maximum absolute atomic E-state index is 13.5. The van der Waals surface area contributed by atoms with Crippen molar-refractivity contribution in [1.29, 1.82) is 0 Å². The molecule has 2 fully saturated rings. The van der Waals surface area contributed by atoms with E-state index in [-0.39, 0.29) is 13.0 Å². The van der Waals surface area contributed by atoms with E-state index < -0.39 is 65.0 Å². The molecule has 3 rings (SSSR count). The van der Waals surface area contributed by atoms with Gasteiger partial charge >= 0.3 is 12.1 Å². The zero-order chi connectivity index (χ0) is 33.6. The van der Waals surface area contributed by atoms with Crippen LogP contribution in [0.4, 0.5) is 4.79 Å². The fourth-order valence-electron chi connectivity index (χ4n) is 5.56. The molecule has 262 valence electrons. The van der Waals surface area contributed by atoms with Crippen molar-refractivity contribution in [3.05, 3.63) is 35.9 Å². The largest absolute Gasteiger partial charge is 0.457 e. The van der Waals surface area contributed by atoms with Crippen molar-refractivity contribution in [2.75, 3.05) is 13.2 Å². The zero-order valence-electron chi connectivity index (χ0n) is 27.1. The first-order valence-electron chi connectivity index (χ1n) is 16.4. The molecule has 0 radical (unpaired) electrons. The molecule has 0 aromatic heterocycles. The number of aliphatic hydroxyl groups is 1. The van der Waals surface area contributed by atoms with Crippen molar-refractivity contribution >= 4 is 46.9 Å². The van der Waals surface area contributed by atoms with E-state index in [4.69, 9.17) is 63.2 Å². The number of carbonyl (C=O) groups is 2. The maximum atomic E-state index is 13.5. The van der Waals surface area contributed by atoms with E-state index in [1.54, 1.807) is 13.8 Å². The van der Waals surface area contributed by atoms with Crippen molar-refractivity contribution in [3.63, 3.8) is 0 Å². The van der Waals surface area contributed by atoms with Gasteiger partial charge in [-0.2, -0.15) is 0 Å². The van der Waals surface area contributed by atoms with Gasteiger partial charge in [0.15, 0.2) is 18.2 Å². The van der Waals surface area contributed by atoms with Crippen molar-refractivity contribution < 1.29 is 43.1 Å². The Bertz CT molecular complexity index is 1040. The number of alkyl halides is 3. The van der Waals surface area contributed by atoms with E-state index >= 15 is 0 Å². The van der Waals surface area contributed by atoms with Crippen LogP contribution in [0.1, 0.15) is 97.0 Å². The number of unbranched alkanes of at least 4 members (excludes halogenated alkanes) is 8. The summed E-state index contributed by atoms with van der Waals surface area (Å²) in [6, 6.07) is 8.52. The Morgan fingerprint density at radius 3 is 2.35 bits per heavy atom. The van der Waals surface area contributed by atoms with Gasteiger partial charge in [0.05, 0.1) is 25.7 Å². The molecule has 1 aromatic rings. The topological polar surface area (TPSA) is 122 Å². The standard InChI is InChI=1S/C33H50Cl3NO9/c1-4-5-6-7-8-9-10-11-15-18-24(41-20-23-16-13-12-14-17-23)19-26(38)45-29-27(37-31(40)42-22-33(34,35)36)30(39)44-25-21-43-32(2,3)46-28(25)29/h12-14,16-17,24-25,27-30,39H,4-11,15,18-22H2,1-3H3,(H,37,40)/t24-,25-,27-,28-,29-,30+/m1/s1. The molecule has 2 heterocycles. The van der Waals surface area contributed by atoms with Crippen LogP contribution in [0.15, 0.2) is 30.3 Å². The normalized spacial score (nSPS) is 24.9. The number of carbonyl (C=O) groups excluding carboxylic acids is 2. The van der Waals surface area contributed by atoms with E-state index in [2.05, 4.69) is 12.2 Å². The quantitative estimate of drug-likeness (QED) is 0.0931. The van der Waals surface area contributed by atoms with Gasteiger partial charge in [-0.25, -0.2) is 4.79 Å². The van der Waals surface area contributed by atoms with Crippen molar-refractivity contribution in [2.24, 2.45) is 0 Å². The lowest BCUT2D eigenvalue weighted by Gasteiger charge is -2.49. The molecule has 0 unspecified atom stereocenters. The summed E-state index contributed by atoms with van der Waals surface area (Å²) >= 11 is 17.1. The van der Waals surface area contributed by atoms with Crippen LogP contribution in [-0.2, 0) is 39.8 Å². The molecule has 0 aliphatic carbocycles. The fraction of sp³-hybridized carbons (Fsp3) is 0.758. The molecule has 1 amide bonds. The highest BCUT2D eigenvalue weighted by Crippen LogP contribution is 2.34. The minimum Gasteiger partial charge on any atom is -0.457 e. The van der Waals surface area contributed by atoms with Crippen LogP contribution in [-0.4, -0.2) is 76.7 Å². The second-order valence-electron chi connectivity index (χ2n) is 12.4. The van der Waals surface area contributed by atoms with E-state index in [1.165, 1.54) is 38.5 Å². The lowest BCUT2D eigenvalue weighted by molar-refractivity contribution is -0.365. The highest BCUT2D eigenvalue weighted by Gasteiger charge is 2.53. The molecule has 0 bridgehead atoms. The first-order valence-corrected chi connectivity index (χ1v) is 17.5. The van der Waals surface area contributed by atoms with Crippen LogP contribution in [0.2, 0.25) is 0 Å². The number of hydrogen-bond donors (Lipinski definition) is 2. The molecule has 1 aromatic carbocycles. The van der Waals surface area contributed by atoms with E-state index in [0.717, 1.165) is 24.8 Å². The number of amides is 1. The molecule has 2 aliphatic rings. The average molecular weight is 711 g/mol. The average Bonchev–Trinajstić information content (AvgIpc) is 3.00. The number of halogens is 3. The van der Waals surface area contributed by atoms with Crippen molar-refractivity contribution in [1.82, 2.24) is 5.32 Å². The minimum absolute atomic E-state index is 0.0288. The Labute approximate surface area is 288 Å². The van der Waals surface area contributed by atoms with Gasteiger partial charge in [-0.1, -0.05) is 130 Å². The second-order valence-corrected chi connectivity index (χ2v) is 14.9. The summed E-state index contributed by atoms with van der Waals surface area (Å²) in [7, 11) is 0. The number of fused-ring (bicyclic) bond motifs is 1. The number of rotatable bonds is 18. The Morgan fingerprint density at radius 2 is 1.70 bits per heavy atom. The summed E-state index contributed by atoms with van der Waals surface area (Å²) < 4.78 is 32.8. The molecule has 0 saturated carbocycles. The first kappa shape index (κ1) is 39.1. The smallest absolute Gasteiger partial charge is 0.407 e. The van der Waals surface area contributed by atoms with Gasteiger partial charge in [-0.15, -0.1) is 0 Å². The SMILES string of the molecule is CCCCCCCCCCC[C@H](CC(=O)O[C@@H]1[C@@H](NC(=O)OCC(Cl)(Cl)Cl)[C@@H](O)O[C@@H]2COC(C)(C)O[C@@H]12)OCc1ccccc1. The van der Waals surface area contributed by atoms with Gasteiger partial charge < -0.3 is 38.8 Å². The summed E-state index contributed by atoms with van der Waals surface area (Å²) in [5.74, 6) is -1.60. The number of esters is 1. The molecule has 6 atom stereocenters. The Morgan fingerprint density at radius 1 is 1.04 bits per heavy atom. The molecule has 0 spiro atoms. The van der Waals surface area contributed by atoms with Gasteiger partial charge in [0.1, 0.15) is 24.9 Å². The lowest BCUT2D eigenvalue weighted by atomic mass is 9.95. The van der Waals surface area contributed by atoms with E-state index in [0.29, 0.717) is 13.0 Å². The summed E-state index contributed by atoms with van der Waals surface area (Å²) in [5.41, 5.74) is 0.999. The van der Waals surface area contributed by atoms with E-state index in [1.807, 2.05) is 30.3 Å². The summed E-state index contributed by atoms with van der Waals surface area (Å²) in [6.07, 6.45) is 5.57. The number of nitrogens with one attached hydrogen (secondary N) is 1. The second kappa shape index (κ2) is 19.6.